The Morgan fingerprint density at radius 1 is 1.37 bits per heavy atom. The molecule has 1 amide bonds. The number of hydrogen-bond acceptors (Lipinski definition) is 3. The molecule has 104 valence electrons. The van der Waals surface area contributed by atoms with E-state index in [9.17, 15) is 4.79 Å². The van der Waals surface area contributed by atoms with Crippen molar-refractivity contribution in [3.05, 3.63) is 26.9 Å². The van der Waals surface area contributed by atoms with Gasteiger partial charge in [-0.25, -0.2) is 0 Å². The molecule has 0 unspecified atom stereocenters. The van der Waals surface area contributed by atoms with E-state index in [-0.39, 0.29) is 5.91 Å². The Labute approximate surface area is 130 Å². The maximum Gasteiger partial charge on any atom is 0.223 e. The van der Waals surface area contributed by atoms with Crippen molar-refractivity contribution in [2.75, 3.05) is 19.6 Å². The highest BCUT2D eigenvalue weighted by molar-refractivity contribution is 9.11. The highest BCUT2D eigenvalue weighted by Gasteiger charge is 2.16. The zero-order valence-electron chi connectivity index (χ0n) is 10.7. The fraction of sp³-hybridized carbons (Fsp3) is 0.538. The van der Waals surface area contributed by atoms with Crippen LogP contribution in [-0.2, 0) is 11.3 Å². The van der Waals surface area contributed by atoms with Crippen LogP contribution in [0.4, 0.5) is 0 Å². The molecule has 0 spiro atoms. The Balaban J connectivity index is 1.70. The molecule has 0 atom stereocenters. The summed E-state index contributed by atoms with van der Waals surface area (Å²) >= 11 is 6.85. The van der Waals surface area contributed by atoms with E-state index in [1.54, 1.807) is 6.20 Å². The van der Waals surface area contributed by atoms with Crippen molar-refractivity contribution in [1.29, 1.82) is 0 Å². The van der Waals surface area contributed by atoms with Gasteiger partial charge in [0.2, 0.25) is 5.91 Å². The minimum atomic E-state index is 0.257. The van der Waals surface area contributed by atoms with Gasteiger partial charge in [-0.05, 0) is 50.8 Å². The highest BCUT2D eigenvalue weighted by atomic mass is 79.9. The zero-order valence-corrected chi connectivity index (χ0v) is 13.8. The van der Waals surface area contributed by atoms with Crippen molar-refractivity contribution in [2.45, 2.75) is 25.8 Å². The summed E-state index contributed by atoms with van der Waals surface area (Å²) in [6.07, 6.45) is 4.63. The Bertz CT molecular complexity index is 448. The number of halogens is 2. The molecule has 1 N–H and O–H groups in total. The molecule has 1 aromatic heterocycles. The number of nitrogens with zero attached hydrogens (tertiary/aromatic N) is 2. The van der Waals surface area contributed by atoms with Gasteiger partial charge in [-0.1, -0.05) is 0 Å². The molecule has 0 bridgehead atoms. The van der Waals surface area contributed by atoms with Crippen molar-refractivity contribution < 1.29 is 4.79 Å². The first-order chi connectivity index (χ1) is 9.16. The fourth-order valence-corrected chi connectivity index (χ4v) is 3.23. The second kappa shape index (κ2) is 7.36. The van der Waals surface area contributed by atoms with Crippen LogP contribution in [0, 0.1) is 0 Å². The van der Waals surface area contributed by atoms with Crippen molar-refractivity contribution in [3.8, 4) is 0 Å². The quantitative estimate of drug-likeness (QED) is 0.786. The van der Waals surface area contributed by atoms with Crippen LogP contribution in [0.15, 0.2) is 21.2 Å². The van der Waals surface area contributed by atoms with Crippen LogP contribution < -0.4 is 5.32 Å². The van der Waals surface area contributed by atoms with Gasteiger partial charge in [0, 0.05) is 47.7 Å². The zero-order chi connectivity index (χ0) is 13.7. The van der Waals surface area contributed by atoms with Gasteiger partial charge < -0.3 is 10.2 Å². The summed E-state index contributed by atoms with van der Waals surface area (Å²) in [7, 11) is 0. The Morgan fingerprint density at radius 3 is 2.79 bits per heavy atom. The molecular weight excluding hydrogens is 374 g/mol. The molecule has 1 fully saturated rings. The van der Waals surface area contributed by atoms with E-state index in [1.165, 1.54) is 0 Å². The molecule has 2 heterocycles. The van der Waals surface area contributed by atoms with E-state index in [4.69, 9.17) is 0 Å². The van der Waals surface area contributed by atoms with E-state index in [2.05, 4.69) is 42.2 Å². The van der Waals surface area contributed by atoms with Gasteiger partial charge in [-0.3, -0.25) is 9.78 Å². The summed E-state index contributed by atoms with van der Waals surface area (Å²) in [4.78, 5) is 18.1. The van der Waals surface area contributed by atoms with Crippen LogP contribution in [0.2, 0.25) is 0 Å². The summed E-state index contributed by atoms with van der Waals surface area (Å²) in [5.41, 5.74) is 0.955. The number of nitrogens with one attached hydrogen (secondary N) is 1. The number of likely N-dealkylation sites (tertiary alicyclic amines) is 1. The van der Waals surface area contributed by atoms with Gasteiger partial charge in [0.1, 0.15) is 0 Å². The van der Waals surface area contributed by atoms with Gasteiger partial charge in [-0.2, -0.15) is 0 Å². The van der Waals surface area contributed by atoms with Crippen LogP contribution in [0.5, 0.6) is 0 Å². The van der Waals surface area contributed by atoms with E-state index < -0.39 is 0 Å². The van der Waals surface area contributed by atoms with Crippen LogP contribution >= 0.6 is 31.9 Å². The summed E-state index contributed by atoms with van der Waals surface area (Å²) in [6.45, 7) is 3.22. The summed E-state index contributed by atoms with van der Waals surface area (Å²) in [6, 6.07) is 1.97. The second-order valence-corrected chi connectivity index (χ2v) is 6.37. The molecule has 0 aromatic carbocycles. The average molecular weight is 391 g/mol. The normalized spacial score (nSPS) is 14.9. The van der Waals surface area contributed by atoms with Crippen LogP contribution in [0.25, 0.3) is 0 Å². The van der Waals surface area contributed by atoms with Crippen molar-refractivity contribution in [3.63, 3.8) is 0 Å². The number of carbonyl (C=O) groups excluding carboxylic acids is 1. The lowest BCUT2D eigenvalue weighted by Gasteiger charge is -2.15. The first kappa shape index (κ1) is 14.9. The van der Waals surface area contributed by atoms with E-state index in [0.717, 1.165) is 40.6 Å². The van der Waals surface area contributed by atoms with E-state index in [1.807, 2.05) is 11.0 Å². The summed E-state index contributed by atoms with van der Waals surface area (Å²) < 4.78 is 1.92. The predicted octanol–water partition coefficient (Wildman–Crippen LogP) is 2.71. The van der Waals surface area contributed by atoms with Crippen molar-refractivity contribution in [1.82, 2.24) is 15.2 Å². The molecule has 2 rings (SSSR count). The monoisotopic (exact) mass is 389 g/mol. The van der Waals surface area contributed by atoms with Crippen molar-refractivity contribution in [2.24, 2.45) is 0 Å². The fourth-order valence-electron chi connectivity index (χ4n) is 2.10. The lowest BCUT2D eigenvalue weighted by atomic mass is 10.3. The molecule has 0 saturated carbocycles. The lowest BCUT2D eigenvalue weighted by Crippen LogP contribution is -2.30. The van der Waals surface area contributed by atoms with Gasteiger partial charge >= 0.3 is 0 Å². The summed E-state index contributed by atoms with van der Waals surface area (Å²) in [5.74, 6) is 0.257. The molecular formula is C13H17Br2N3O. The smallest absolute Gasteiger partial charge is 0.223 e. The number of amides is 1. The SMILES string of the molecule is O=C(CCNCc1ncc(Br)cc1Br)N1CCCC1. The third-order valence-corrected chi connectivity index (χ3v) is 4.27. The molecule has 1 aliphatic rings. The predicted molar refractivity (Wildman–Crippen MR) is 81.8 cm³/mol. The topological polar surface area (TPSA) is 45.2 Å². The minimum absolute atomic E-state index is 0.257. The largest absolute Gasteiger partial charge is 0.343 e. The second-order valence-electron chi connectivity index (χ2n) is 4.60. The van der Waals surface area contributed by atoms with Crippen molar-refractivity contribution >= 4 is 37.8 Å². The van der Waals surface area contributed by atoms with Gasteiger partial charge in [-0.15, -0.1) is 0 Å². The van der Waals surface area contributed by atoms with Gasteiger partial charge in [0.25, 0.3) is 0 Å². The molecule has 4 nitrogen and oxygen atoms in total. The highest BCUT2D eigenvalue weighted by Crippen LogP contribution is 2.19. The number of carbonyl (C=O) groups is 1. The number of aromatic nitrogens is 1. The molecule has 1 aliphatic heterocycles. The van der Waals surface area contributed by atoms with Gasteiger partial charge in [0.05, 0.1) is 5.69 Å². The molecule has 6 heteroatoms. The average Bonchev–Trinajstić information content (AvgIpc) is 2.90. The van der Waals surface area contributed by atoms with Crippen LogP contribution in [0.3, 0.4) is 0 Å². The van der Waals surface area contributed by atoms with Crippen LogP contribution in [-0.4, -0.2) is 35.4 Å². The summed E-state index contributed by atoms with van der Waals surface area (Å²) in [5, 5.41) is 3.26. The van der Waals surface area contributed by atoms with Crippen LogP contribution in [0.1, 0.15) is 25.0 Å². The standard InChI is InChI=1S/C13H17Br2N3O/c14-10-7-11(15)12(17-8-10)9-16-4-3-13(19)18-5-1-2-6-18/h7-8,16H,1-6,9H2. The maximum atomic E-state index is 11.8. The lowest BCUT2D eigenvalue weighted by molar-refractivity contribution is -0.130. The first-order valence-corrected chi connectivity index (χ1v) is 8.04. The first-order valence-electron chi connectivity index (χ1n) is 6.45. The Morgan fingerprint density at radius 2 is 2.11 bits per heavy atom. The number of hydrogen-bond donors (Lipinski definition) is 1. The number of rotatable bonds is 5. The Kier molecular flexibility index (Phi) is 5.78. The molecule has 0 radical (unpaired) electrons. The Hall–Kier alpha value is -0.460. The van der Waals surface area contributed by atoms with E-state index in [0.29, 0.717) is 19.5 Å². The van der Waals surface area contributed by atoms with Gasteiger partial charge in [0.15, 0.2) is 0 Å². The molecule has 1 saturated heterocycles. The molecule has 19 heavy (non-hydrogen) atoms. The van der Waals surface area contributed by atoms with E-state index >= 15 is 0 Å². The molecule has 1 aromatic rings. The minimum Gasteiger partial charge on any atom is -0.343 e. The third-order valence-electron chi connectivity index (χ3n) is 3.15. The maximum absolute atomic E-state index is 11.8. The third kappa shape index (κ3) is 4.54. The molecule has 0 aliphatic carbocycles. The number of pyridine rings is 1.